The van der Waals surface area contributed by atoms with Crippen molar-refractivity contribution in [3.63, 3.8) is 0 Å². The van der Waals surface area contributed by atoms with Crippen LogP contribution in [0.3, 0.4) is 0 Å². The SMILES string of the molecule is CCOc1ccc(C(N)C2CCCCCC2)c(Br)c1. The molecule has 2 rings (SSSR count). The van der Waals surface area contributed by atoms with Gasteiger partial charge in [-0.3, -0.25) is 0 Å². The third-order valence-corrected chi connectivity index (χ3v) is 4.74. The number of ether oxygens (including phenoxy) is 1. The molecule has 1 aliphatic rings. The number of halogens is 1. The van der Waals surface area contributed by atoms with E-state index in [0.29, 0.717) is 12.5 Å². The first-order chi connectivity index (χ1) is 9.22. The quantitative estimate of drug-likeness (QED) is 0.805. The van der Waals surface area contributed by atoms with E-state index in [1.165, 1.54) is 44.1 Å². The molecule has 2 nitrogen and oxygen atoms in total. The van der Waals surface area contributed by atoms with Gasteiger partial charge in [0.05, 0.1) is 6.61 Å². The Labute approximate surface area is 124 Å². The highest BCUT2D eigenvalue weighted by Crippen LogP contribution is 2.36. The Balaban J connectivity index is 2.11. The molecule has 0 aromatic heterocycles. The molecular formula is C16H24BrNO. The number of hydrogen-bond donors (Lipinski definition) is 1. The summed E-state index contributed by atoms with van der Waals surface area (Å²) < 4.78 is 6.59. The molecule has 0 saturated heterocycles. The maximum atomic E-state index is 6.49. The van der Waals surface area contributed by atoms with E-state index in [0.717, 1.165) is 10.2 Å². The van der Waals surface area contributed by atoms with Crippen molar-refractivity contribution >= 4 is 15.9 Å². The highest BCUT2D eigenvalue weighted by Gasteiger charge is 2.22. The number of rotatable bonds is 4. The van der Waals surface area contributed by atoms with Crippen molar-refractivity contribution in [1.82, 2.24) is 0 Å². The van der Waals surface area contributed by atoms with E-state index in [1.54, 1.807) is 0 Å². The van der Waals surface area contributed by atoms with Gasteiger partial charge in [-0.05, 0) is 43.4 Å². The molecule has 0 bridgehead atoms. The van der Waals surface area contributed by atoms with E-state index < -0.39 is 0 Å². The van der Waals surface area contributed by atoms with E-state index in [9.17, 15) is 0 Å². The first-order valence-electron chi connectivity index (χ1n) is 7.40. The van der Waals surface area contributed by atoms with Gasteiger partial charge in [0.15, 0.2) is 0 Å². The number of benzene rings is 1. The van der Waals surface area contributed by atoms with Gasteiger partial charge < -0.3 is 10.5 Å². The minimum atomic E-state index is 0.142. The minimum Gasteiger partial charge on any atom is -0.494 e. The largest absolute Gasteiger partial charge is 0.494 e. The smallest absolute Gasteiger partial charge is 0.120 e. The van der Waals surface area contributed by atoms with Gasteiger partial charge in [0.1, 0.15) is 5.75 Å². The van der Waals surface area contributed by atoms with E-state index in [2.05, 4.69) is 22.0 Å². The number of hydrogen-bond acceptors (Lipinski definition) is 2. The molecular weight excluding hydrogens is 302 g/mol. The van der Waals surface area contributed by atoms with Gasteiger partial charge in [-0.25, -0.2) is 0 Å². The second-order valence-corrected chi connectivity index (χ2v) is 6.25. The Morgan fingerprint density at radius 3 is 2.53 bits per heavy atom. The zero-order valence-corrected chi connectivity index (χ0v) is 13.3. The topological polar surface area (TPSA) is 35.2 Å². The lowest BCUT2D eigenvalue weighted by Crippen LogP contribution is -2.21. The van der Waals surface area contributed by atoms with Crippen molar-refractivity contribution in [1.29, 1.82) is 0 Å². The summed E-state index contributed by atoms with van der Waals surface area (Å²) in [5, 5.41) is 0. The van der Waals surface area contributed by atoms with Crippen LogP contribution in [-0.2, 0) is 0 Å². The van der Waals surface area contributed by atoms with Crippen molar-refractivity contribution in [3.8, 4) is 5.75 Å². The molecule has 1 aromatic rings. The third kappa shape index (κ3) is 3.96. The molecule has 0 amide bonds. The lowest BCUT2D eigenvalue weighted by atomic mass is 9.88. The van der Waals surface area contributed by atoms with Gasteiger partial charge in [0, 0.05) is 10.5 Å². The average Bonchev–Trinajstić information content (AvgIpc) is 2.67. The Morgan fingerprint density at radius 2 is 1.95 bits per heavy atom. The Kier molecular flexibility index (Phi) is 5.71. The van der Waals surface area contributed by atoms with Crippen LogP contribution in [0, 0.1) is 5.92 Å². The normalized spacial score (nSPS) is 18.9. The molecule has 3 heteroatoms. The van der Waals surface area contributed by atoms with Crippen LogP contribution in [0.1, 0.15) is 57.1 Å². The zero-order valence-electron chi connectivity index (χ0n) is 11.7. The summed E-state index contributed by atoms with van der Waals surface area (Å²) in [6.07, 6.45) is 7.92. The molecule has 0 heterocycles. The van der Waals surface area contributed by atoms with Gasteiger partial charge in [0.25, 0.3) is 0 Å². The highest BCUT2D eigenvalue weighted by atomic mass is 79.9. The second kappa shape index (κ2) is 7.30. The van der Waals surface area contributed by atoms with Gasteiger partial charge in [0.2, 0.25) is 0 Å². The molecule has 1 fully saturated rings. The lowest BCUT2D eigenvalue weighted by molar-refractivity contribution is 0.339. The van der Waals surface area contributed by atoms with Crippen LogP contribution in [0.25, 0.3) is 0 Å². The molecule has 0 aliphatic heterocycles. The minimum absolute atomic E-state index is 0.142. The standard InChI is InChI=1S/C16H24BrNO/c1-2-19-13-9-10-14(15(17)11-13)16(18)12-7-5-3-4-6-8-12/h9-12,16H,2-8,18H2,1H3. The molecule has 1 atom stereocenters. The molecule has 1 aliphatic carbocycles. The van der Waals surface area contributed by atoms with E-state index in [1.807, 2.05) is 19.1 Å². The predicted molar refractivity (Wildman–Crippen MR) is 83.4 cm³/mol. The summed E-state index contributed by atoms with van der Waals surface area (Å²) in [5.41, 5.74) is 7.71. The molecule has 19 heavy (non-hydrogen) atoms. The molecule has 1 aromatic carbocycles. The summed E-state index contributed by atoms with van der Waals surface area (Å²) in [4.78, 5) is 0. The first-order valence-corrected chi connectivity index (χ1v) is 8.19. The van der Waals surface area contributed by atoms with E-state index in [4.69, 9.17) is 10.5 Å². The zero-order chi connectivity index (χ0) is 13.7. The summed E-state index contributed by atoms with van der Waals surface area (Å²) in [5.74, 6) is 1.53. The van der Waals surface area contributed by atoms with Crippen molar-refractivity contribution in [2.24, 2.45) is 11.7 Å². The maximum absolute atomic E-state index is 6.49. The summed E-state index contributed by atoms with van der Waals surface area (Å²) in [6.45, 7) is 2.69. The molecule has 0 radical (unpaired) electrons. The number of nitrogens with two attached hydrogens (primary N) is 1. The van der Waals surface area contributed by atoms with E-state index >= 15 is 0 Å². The van der Waals surface area contributed by atoms with Crippen LogP contribution in [0.4, 0.5) is 0 Å². The van der Waals surface area contributed by atoms with Crippen molar-refractivity contribution in [2.45, 2.75) is 51.5 Å². The Bertz CT molecular complexity index is 400. The fraction of sp³-hybridized carbons (Fsp3) is 0.625. The molecule has 106 valence electrons. The van der Waals surface area contributed by atoms with Gasteiger partial charge in [-0.1, -0.05) is 47.7 Å². The first kappa shape index (κ1) is 14.9. The molecule has 1 unspecified atom stereocenters. The van der Waals surface area contributed by atoms with Crippen molar-refractivity contribution in [3.05, 3.63) is 28.2 Å². The Hall–Kier alpha value is -0.540. The summed E-state index contributed by atoms with van der Waals surface area (Å²) in [6, 6.07) is 6.32. The summed E-state index contributed by atoms with van der Waals surface area (Å²) >= 11 is 3.64. The van der Waals surface area contributed by atoms with Crippen molar-refractivity contribution in [2.75, 3.05) is 6.61 Å². The lowest BCUT2D eigenvalue weighted by Gasteiger charge is -2.24. The van der Waals surface area contributed by atoms with Crippen LogP contribution in [0.15, 0.2) is 22.7 Å². The fourth-order valence-electron chi connectivity index (χ4n) is 2.96. The molecule has 1 saturated carbocycles. The van der Waals surface area contributed by atoms with Crippen molar-refractivity contribution < 1.29 is 4.74 Å². The highest BCUT2D eigenvalue weighted by molar-refractivity contribution is 9.10. The van der Waals surface area contributed by atoms with Crippen LogP contribution >= 0.6 is 15.9 Å². The monoisotopic (exact) mass is 325 g/mol. The molecule has 2 N–H and O–H groups in total. The van der Waals surface area contributed by atoms with Crippen LogP contribution < -0.4 is 10.5 Å². The second-order valence-electron chi connectivity index (χ2n) is 5.39. The van der Waals surface area contributed by atoms with Gasteiger partial charge >= 0.3 is 0 Å². The maximum Gasteiger partial charge on any atom is 0.120 e. The Morgan fingerprint density at radius 1 is 1.26 bits per heavy atom. The average molecular weight is 326 g/mol. The van der Waals surface area contributed by atoms with Gasteiger partial charge in [-0.2, -0.15) is 0 Å². The van der Waals surface area contributed by atoms with Crippen LogP contribution in [-0.4, -0.2) is 6.61 Å². The predicted octanol–water partition coefficient (Wildman–Crippen LogP) is 4.82. The fourth-order valence-corrected chi connectivity index (χ4v) is 3.58. The van der Waals surface area contributed by atoms with Crippen LogP contribution in [0.2, 0.25) is 0 Å². The van der Waals surface area contributed by atoms with E-state index in [-0.39, 0.29) is 6.04 Å². The van der Waals surface area contributed by atoms with Crippen LogP contribution in [0.5, 0.6) is 5.75 Å². The van der Waals surface area contributed by atoms with Gasteiger partial charge in [-0.15, -0.1) is 0 Å². The summed E-state index contributed by atoms with van der Waals surface area (Å²) in [7, 11) is 0. The third-order valence-electron chi connectivity index (χ3n) is 4.05. The molecule has 0 spiro atoms.